The summed E-state index contributed by atoms with van der Waals surface area (Å²) in [5, 5.41) is 0. The second kappa shape index (κ2) is 15.9. The van der Waals surface area contributed by atoms with Crippen LogP contribution in [0, 0.1) is 11.8 Å². The molecule has 1 N–H and O–H groups in total. The van der Waals surface area contributed by atoms with Crippen LogP contribution in [-0.4, -0.2) is 57.8 Å². The van der Waals surface area contributed by atoms with Crippen molar-refractivity contribution in [2.75, 3.05) is 20.6 Å². The first-order chi connectivity index (χ1) is 26.4. The minimum atomic E-state index is -0.333. The van der Waals surface area contributed by atoms with Gasteiger partial charge in [0.05, 0.1) is 17.9 Å². The third-order valence-electron chi connectivity index (χ3n) is 11.7. The van der Waals surface area contributed by atoms with Crippen LogP contribution in [0.5, 0.6) is 0 Å². The van der Waals surface area contributed by atoms with Crippen molar-refractivity contribution in [3.05, 3.63) is 144 Å². The average Bonchev–Trinajstić information content (AvgIpc) is 4.05. The number of benzene rings is 4. The molecule has 0 radical (unpaired) electrons. The Labute approximate surface area is 318 Å². The maximum atomic E-state index is 13.9. The lowest BCUT2D eigenvalue weighted by molar-refractivity contribution is -0.137. The number of allylic oxidation sites excluding steroid dienone is 1. The number of ketones is 1. The van der Waals surface area contributed by atoms with Crippen molar-refractivity contribution >= 4 is 23.0 Å². The summed E-state index contributed by atoms with van der Waals surface area (Å²) in [6.07, 6.45) is 11.1. The van der Waals surface area contributed by atoms with Crippen molar-refractivity contribution in [3.63, 3.8) is 0 Å². The maximum Gasteiger partial charge on any atom is 0.245 e. The van der Waals surface area contributed by atoms with Gasteiger partial charge in [-0.3, -0.25) is 19.5 Å². The number of hydrogen-bond donors (Lipinski definition) is 1. The molecule has 1 saturated carbocycles. The molecule has 1 unspecified atom stereocenters. The number of aromatic nitrogens is 2. The van der Waals surface area contributed by atoms with Crippen LogP contribution in [0.4, 0.5) is 0 Å². The molecule has 3 aliphatic rings. The Balaban J connectivity index is 0.881. The summed E-state index contributed by atoms with van der Waals surface area (Å²) in [4.78, 5) is 44.4. The van der Waals surface area contributed by atoms with Gasteiger partial charge in [0.15, 0.2) is 0 Å². The number of nitrogens with one attached hydrogen (secondary N) is 1. The molecule has 0 spiro atoms. The van der Waals surface area contributed by atoms with Gasteiger partial charge in [0.1, 0.15) is 17.6 Å². The first-order valence-electron chi connectivity index (χ1n) is 19.5. The van der Waals surface area contributed by atoms with Gasteiger partial charge in [0, 0.05) is 43.1 Å². The fourth-order valence-corrected chi connectivity index (χ4v) is 8.83. The molecule has 3 heterocycles. The third-order valence-corrected chi connectivity index (χ3v) is 11.7. The molecule has 5 aromatic rings. The van der Waals surface area contributed by atoms with Crippen LogP contribution in [0.1, 0.15) is 79.5 Å². The largest absolute Gasteiger partial charge is 0.340 e. The lowest BCUT2D eigenvalue weighted by atomic mass is 9.84. The summed E-state index contributed by atoms with van der Waals surface area (Å²) in [6.45, 7) is 0.729. The molecule has 2 fully saturated rings. The standard InChI is InChI=1S/C47H49N5O2/c1-51(2)45(37-13-7-4-8-14-37)47(54)52-28-10-17-43(52)46-49-31-42(50-46)36-25-23-34(24-26-36)33-19-21-35(22-20-33)38-29-41(48-30-38)39-15-9-16-40(39)44(53)27-18-32-11-5-3-6-12-32/h3-8,11-14,19-26,30-31,39-40,43,45H,9-10,15-18,27-29H2,1-2H3,(H,49,50)/t39?,40-,43+,45-/m1/s1. The zero-order valence-corrected chi connectivity index (χ0v) is 31.3. The fraction of sp³-hybridized carbons (Fsp3) is 0.319. The van der Waals surface area contributed by atoms with Crippen LogP contribution >= 0.6 is 0 Å². The van der Waals surface area contributed by atoms with E-state index in [1.165, 1.54) is 22.4 Å². The van der Waals surface area contributed by atoms with Gasteiger partial charge in [-0.05, 0) is 85.2 Å². The zero-order chi connectivity index (χ0) is 37.0. The number of carbonyl (C=O) groups excluding carboxylic acids is 2. The van der Waals surface area contributed by atoms with Gasteiger partial charge in [-0.2, -0.15) is 0 Å². The van der Waals surface area contributed by atoms with Gasteiger partial charge in [-0.1, -0.05) is 116 Å². The van der Waals surface area contributed by atoms with Gasteiger partial charge >= 0.3 is 0 Å². The Kier molecular flexibility index (Phi) is 10.5. The Bertz CT molecular complexity index is 2130. The number of imidazole rings is 1. The summed E-state index contributed by atoms with van der Waals surface area (Å²) in [7, 11) is 3.93. The second-order valence-electron chi connectivity index (χ2n) is 15.4. The Morgan fingerprint density at radius 2 is 1.46 bits per heavy atom. The van der Waals surface area contributed by atoms with E-state index in [2.05, 4.69) is 65.6 Å². The van der Waals surface area contributed by atoms with Crippen molar-refractivity contribution in [1.82, 2.24) is 19.8 Å². The number of aryl methyl sites for hydroxylation is 1. The van der Waals surface area contributed by atoms with Crippen LogP contribution in [0.2, 0.25) is 0 Å². The molecule has 7 heteroatoms. The summed E-state index contributed by atoms with van der Waals surface area (Å²) >= 11 is 0. The number of rotatable bonds is 12. The summed E-state index contributed by atoms with van der Waals surface area (Å²) in [5.74, 6) is 1.71. The molecule has 0 bridgehead atoms. The van der Waals surface area contributed by atoms with Crippen molar-refractivity contribution in [2.24, 2.45) is 16.8 Å². The average molecular weight is 716 g/mol. The maximum absolute atomic E-state index is 13.9. The molecule has 7 nitrogen and oxygen atoms in total. The first kappa shape index (κ1) is 35.6. The molecule has 1 aromatic heterocycles. The van der Waals surface area contributed by atoms with Crippen molar-refractivity contribution in [1.29, 1.82) is 0 Å². The van der Waals surface area contributed by atoms with E-state index in [9.17, 15) is 9.59 Å². The van der Waals surface area contributed by atoms with E-state index < -0.39 is 0 Å². The number of aliphatic imine (C=N–C) groups is 1. The molecule has 1 saturated heterocycles. The fourth-order valence-electron chi connectivity index (χ4n) is 8.83. The molecule has 4 atom stereocenters. The van der Waals surface area contributed by atoms with Crippen molar-refractivity contribution < 1.29 is 9.59 Å². The second-order valence-corrected chi connectivity index (χ2v) is 15.4. The van der Waals surface area contributed by atoms with Gasteiger partial charge in [0.2, 0.25) is 5.91 Å². The lowest BCUT2D eigenvalue weighted by Gasteiger charge is -2.31. The highest BCUT2D eigenvalue weighted by Gasteiger charge is 2.38. The SMILES string of the molecule is CN(C)[C@@H](C(=O)N1CCC[C@H]1c1ncc(-c2ccc(-c3ccc(C4=CN=C(C5CCC[C@H]5C(=O)CCc5ccccc5)C4)cc3)cc2)[nH]1)c1ccccc1. The number of amides is 1. The predicted molar refractivity (Wildman–Crippen MR) is 217 cm³/mol. The highest BCUT2D eigenvalue weighted by atomic mass is 16.2. The monoisotopic (exact) mass is 715 g/mol. The number of hydrogen-bond acceptors (Lipinski definition) is 5. The van der Waals surface area contributed by atoms with Crippen molar-refractivity contribution in [2.45, 2.75) is 63.5 Å². The number of likely N-dealkylation sites (tertiary alicyclic amines) is 1. The van der Waals surface area contributed by atoms with Gasteiger partial charge in [0.25, 0.3) is 0 Å². The highest BCUT2D eigenvalue weighted by Crippen LogP contribution is 2.40. The molecule has 54 heavy (non-hydrogen) atoms. The van der Waals surface area contributed by atoms with E-state index in [4.69, 9.17) is 9.98 Å². The summed E-state index contributed by atoms with van der Waals surface area (Å²) in [6, 6.07) is 37.3. The van der Waals surface area contributed by atoms with E-state index in [-0.39, 0.29) is 29.8 Å². The van der Waals surface area contributed by atoms with E-state index >= 15 is 0 Å². The number of Topliss-reactive ketones (excluding diaryl/α,β-unsaturated/α-hetero) is 1. The number of likely N-dealkylation sites (N-methyl/N-ethyl adjacent to an activating group) is 1. The minimum Gasteiger partial charge on any atom is -0.340 e. The minimum absolute atomic E-state index is 0.0707. The molecule has 2 aliphatic heterocycles. The Morgan fingerprint density at radius 3 is 2.17 bits per heavy atom. The van der Waals surface area contributed by atoms with Gasteiger partial charge in [-0.25, -0.2) is 4.98 Å². The Hall–Kier alpha value is -5.40. The van der Waals surface area contributed by atoms with Crippen molar-refractivity contribution in [3.8, 4) is 22.4 Å². The molecular weight excluding hydrogens is 667 g/mol. The number of nitrogens with zero attached hydrogens (tertiary/aromatic N) is 4. The van der Waals surface area contributed by atoms with Crippen LogP contribution in [0.15, 0.2) is 127 Å². The molecule has 8 rings (SSSR count). The van der Waals surface area contributed by atoms with Gasteiger partial charge < -0.3 is 9.88 Å². The smallest absolute Gasteiger partial charge is 0.245 e. The molecule has 1 aliphatic carbocycles. The predicted octanol–water partition coefficient (Wildman–Crippen LogP) is 9.51. The molecule has 274 valence electrons. The number of H-pyrrole nitrogens is 1. The molecule has 1 amide bonds. The molecule has 4 aromatic carbocycles. The van der Waals surface area contributed by atoms with Crippen LogP contribution in [-0.2, 0) is 16.0 Å². The first-order valence-corrected chi connectivity index (χ1v) is 19.5. The topological polar surface area (TPSA) is 81.7 Å². The summed E-state index contributed by atoms with van der Waals surface area (Å²) in [5.41, 5.74) is 10.1. The Morgan fingerprint density at radius 1 is 0.796 bits per heavy atom. The molecular formula is C47H49N5O2. The van der Waals surface area contributed by atoms with Crippen LogP contribution < -0.4 is 0 Å². The number of aromatic amines is 1. The lowest BCUT2D eigenvalue weighted by Crippen LogP contribution is -2.40. The zero-order valence-electron chi connectivity index (χ0n) is 31.3. The third kappa shape index (κ3) is 7.51. The van der Waals surface area contributed by atoms with E-state index in [0.717, 1.165) is 85.3 Å². The van der Waals surface area contributed by atoms with E-state index in [1.54, 1.807) is 0 Å². The van der Waals surface area contributed by atoms with E-state index in [0.29, 0.717) is 12.2 Å². The van der Waals surface area contributed by atoms with Gasteiger partial charge in [-0.15, -0.1) is 0 Å². The van der Waals surface area contributed by atoms with E-state index in [1.807, 2.05) is 84.8 Å². The summed E-state index contributed by atoms with van der Waals surface area (Å²) < 4.78 is 0. The number of carbonyl (C=O) groups is 2. The highest BCUT2D eigenvalue weighted by molar-refractivity contribution is 6.02. The van der Waals surface area contributed by atoms with Crippen LogP contribution in [0.3, 0.4) is 0 Å². The normalized spacial score (nSPS) is 20.3. The quantitative estimate of drug-likeness (QED) is 0.140. The van der Waals surface area contributed by atoms with Crippen LogP contribution in [0.25, 0.3) is 28.0 Å².